The van der Waals surface area contributed by atoms with Crippen molar-refractivity contribution in [3.05, 3.63) is 28.4 Å². The summed E-state index contributed by atoms with van der Waals surface area (Å²) in [5.41, 5.74) is 0.776. The molecule has 0 aliphatic heterocycles. The third kappa shape index (κ3) is 4.28. The topological polar surface area (TPSA) is 29.1 Å². The molecular formula is C11H12I3NO. The average Bonchev–Trinajstić information content (AvgIpc) is 2.19. The van der Waals surface area contributed by atoms with Crippen LogP contribution in [-0.4, -0.2) is 12.5 Å². The van der Waals surface area contributed by atoms with Crippen LogP contribution in [0.25, 0.3) is 0 Å². The number of carbonyl (C=O) groups is 1. The molecule has 1 rings (SSSR count). The third-order valence-corrected chi connectivity index (χ3v) is 5.58. The van der Waals surface area contributed by atoms with E-state index in [1.54, 1.807) is 0 Å². The number of halogens is 3. The molecule has 0 unspecified atom stereocenters. The molecule has 0 atom stereocenters. The van der Waals surface area contributed by atoms with Crippen LogP contribution in [0.2, 0.25) is 0 Å². The van der Waals surface area contributed by atoms with Crippen molar-refractivity contribution in [3.8, 4) is 0 Å². The number of amides is 1. The largest absolute Gasteiger partial charge is 0.352 e. The highest BCUT2D eigenvalue weighted by molar-refractivity contribution is 14.1. The molecule has 1 aromatic carbocycles. The first-order valence-corrected chi connectivity index (χ1v) is 8.08. The lowest BCUT2D eigenvalue weighted by molar-refractivity contribution is 0.0948. The number of rotatable bonds is 3. The fourth-order valence-corrected chi connectivity index (χ4v) is 3.51. The summed E-state index contributed by atoms with van der Waals surface area (Å²) in [6.45, 7) is 4.89. The summed E-state index contributed by atoms with van der Waals surface area (Å²) in [5, 5.41) is 2.94. The van der Waals surface area contributed by atoms with Gasteiger partial charge >= 0.3 is 0 Å². The molecule has 0 aromatic heterocycles. The number of hydrogen-bond acceptors (Lipinski definition) is 1. The van der Waals surface area contributed by atoms with E-state index in [9.17, 15) is 4.79 Å². The predicted octanol–water partition coefficient (Wildman–Crippen LogP) is 3.89. The summed E-state index contributed by atoms with van der Waals surface area (Å²) in [5.74, 6) is 0.498. The van der Waals surface area contributed by atoms with E-state index >= 15 is 0 Å². The summed E-state index contributed by atoms with van der Waals surface area (Å²) >= 11 is 6.72. The lowest BCUT2D eigenvalue weighted by Gasteiger charge is -2.10. The maximum absolute atomic E-state index is 12.0. The van der Waals surface area contributed by atoms with Gasteiger partial charge in [0.25, 0.3) is 5.91 Å². The van der Waals surface area contributed by atoms with Crippen LogP contribution < -0.4 is 5.32 Å². The minimum absolute atomic E-state index is 0.0227. The zero-order chi connectivity index (χ0) is 12.3. The minimum Gasteiger partial charge on any atom is -0.352 e. The number of nitrogens with one attached hydrogen (secondary N) is 1. The fraction of sp³-hybridized carbons (Fsp3) is 0.364. The van der Waals surface area contributed by atoms with E-state index in [4.69, 9.17) is 0 Å². The highest BCUT2D eigenvalue weighted by Gasteiger charge is 2.13. The molecule has 88 valence electrons. The highest BCUT2D eigenvalue weighted by atomic mass is 127. The van der Waals surface area contributed by atoms with E-state index in [1.165, 1.54) is 0 Å². The Kier molecular flexibility index (Phi) is 6.27. The van der Waals surface area contributed by atoms with Gasteiger partial charge < -0.3 is 5.32 Å². The molecule has 5 heteroatoms. The van der Waals surface area contributed by atoms with Gasteiger partial charge in [-0.25, -0.2) is 0 Å². The molecule has 0 bridgehead atoms. The van der Waals surface area contributed by atoms with E-state index in [1.807, 2.05) is 6.07 Å². The Morgan fingerprint density at radius 2 is 1.94 bits per heavy atom. The van der Waals surface area contributed by atoms with Gasteiger partial charge in [0.05, 0.1) is 5.56 Å². The van der Waals surface area contributed by atoms with Crippen LogP contribution >= 0.6 is 67.8 Å². The van der Waals surface area contributed by atoms with Gasteiger partial charge in [0.15, 0.2) is 0 Å². The van der Waals surface area contributed by atoms with E-state index in [2.05, 4.69) is 93.0 Å². The molecule has 0 aliphatic carbocycles. The maximum Gasteiger partial charge on any atom is 0.252 e. The highest BCUT2D eigenvalue weighted by Crippen LogP contribution is 2.22. The Labute approximate surface area is 137 Å². The first-order chi connectivity index (χ1) is 7.41. The second-order valence-electron chi connectivity index (χ2n) is 3.85. The molecule has 0 saturated heterocycles. The predicted molar refractivity (Wildman–Crippen MR) is 91.8 cm³/mol. The Hall–Kier alpha value is 0.880. The zero-order valence-electron chi connectivity index (χ0n) is 8.98. The number of carbonyl (C=O) groups excluding carboxylic acids is 1. The summed E-state index contributed by atoms with van der Waals surface area (Å²) in [6.07, 6.45) is 0. The Morgan fingerprint density at radius 1 is 1.31 bits per heavy atom. The molecule has 16 heavy (non-hydrogen) atoms. The third-order valence-electron chi connectivity index (χ3n) is 1.91. The van der Waals surface area contributed by atoms with Crippen LogP contribution in [0.3, 0.4) is 0 Å². The standard InChI is InChI=1S/C11H12I3NO/c1-6(2)5-15-11(16)8-3-7(12)4-9(13)10(8)14/h3-4,6H,5H2,1-2H3,(H,15,16). The van der Waals surface area contributed by atoms with Crippen molar-refractivity contribution < 1.29 is 4.79 Å². The first kappa shape index (κ1) is 14.9. The molecule has 0 fully saturated rings. The van der Waals surface area contributed by atoms with Crippen molar-refractivity contribution in [2.24, 2.45) is 5.92 Å². The molecule has 1 amide bonds. The molecule has 0 spiro atoms. The van der Waals surface area contributed by atoms with Crippen molar-refractivity contribution >= 4 is 73.7 Å². The van der Waals surface area contributed by atoms with E-state index in [0.717, 1.165) is 22.8 Å². The number of hydrogen-bond donors (Lipinski definition) is 1. The summed E-state index contributed by atoms with van der Waals surface area (Å²) < 4.78 is 3.25. The van der Waals surface area contributed by atoms with Crippen molar-refractivity contribution in [1.82, 2.24) is 5.32 Å². The zero-order valence-corrected chi connectivity index (χ0v) is 15.5. The molecule has 1 aromatic rings. The van der Waals surface area contributed by atoms with Crippen LogP contribution in [0, 0.1) is 16.6 Å². The van der Waals surface area contributed by atoms with Crippen molar-refractivity contribution in [1.29, 1.82) is 0 Å². The van der Waals surface area contributed by atoms with Gasteiger partial charge in [-0.15, -0.1) is 0 Å². The van der Waals surface area contributed by atoms with Gasteiger partial charge in [-0.1, -0.05) is 13.8 Å². The van der Waals surface area contributed by atoms with Gasteiger partial charge in [-0.3, -0.25) is 4.79 Å². The van der Waals surface area contributed by atoms with Crippen LogP contribution in [0.1, 0.15) is 24.2 Å². The maximum atomic E-state index is 12.0. The Morgan fingerprint density at radius 3 is 2.50 bits per heavy atom. The second-order valence-corrected chi connectivity index (χ2v) is 7.34. The molecule has 0 saturated carbocycles. The van der Waals surface area contributed by atoms with E-state index in [0.29, 0.717) is 5.92 Å². The van der Waals surface area contributed by atoms with Gasteiger partial charge in [0.2, 0.25) is 0 Å². The molecule has 1 N–H and O–H groups in total. The SMILES string of the molecule is CC(C)CNC(=O)c1cc(I)cc(I)c1I. The van der Waals surface area contributed by atoms with E-state index < -0.39 is 0 Å². The minimum atomic E-state index is 0.0227. The van der Waals surface area contributed by atoms with Gasteiger partial charge in [0, 0.05) is 17.3 Å². The van der Waals surface area contributed by atoms with Crippen LogP contribution in [0.5, 0.6) is 0 Å². The lowest BCUT2D eigenvalue weighted by Crippen LogP contribution is -2.28. The van der Waals surface area contributed by atoms with Crippen LogP contribution in [0.15, 0.2) is 12.1 Å². The Bertz CT molecular complexity index is 404. The summed E-state index contributed by atoms with van der Waals surface area (Å²) in [4.78, 5) is 12.0. The van der Waals surface area contributed by atoms with Crippen molar-refractivity contribution in [3.63, 3.8) is 0 Å². The Balaban J connectivity index is 2.91. The van der Waals surface area contributed by atoms with Gasteiger partial charge in [-0.2, -0.15) is 0 Å². The molecule has 0 aliphatic rings. The summed E-state index contributed by atoms with van der Waals surface area (Å²) in [7, 11) is 0. The smallest absolute Gasteiger partial charge is 0.252 e. The van der Waals surface area contributed by atoms with Gasteiger partial charge in [-0.05, 0) is 85.8 Å². The van der Waals surface area contributed by atoms with Crippen molar-refractivity contribution in [2.75, 3.05) is 6.54 Å². The normalized spacial score (nSPS) is 10.6. The quantitative estimate of drug-likeness (QED) is 0.446. The average molecular weight is 555 g/mol. The molecule has 0 heterocycles. The molecule has 2 nitrogen and oxygen atoms in total. The fourth-order valence-electron chi connectivity index (χ4n) is 1.11. The van der Waals surface area contributed by atoms with Gasteiger partial charge in [0.1, 0.15) is 0 Å². The molecule has 0 radical (unpaired) electrons. The monoisotopic (exact) mass is 555 g/mol. The number of benzene rings is 1. The van der Waals surface area contributed by atoms with Crippen LogP contribution in [-0.2, 0) is 0 Å². The second kappa shape index (κ2) is 6.72. The summed E-state index contributed by atoms with van der Waals surface area (Å²) in [6, 6.07) is 4.00. The first-order valence-electron chi connectivity index (χ1n) is 4.84. The van der Waals surface area contributed by atoms with E-state index in [-0.39, 0.29) is 5.91 Å². The molecular weight excluding hydrogens is 543 g/mol. The lowest BCUT2D eigenvalue weighted by atomic mass is 10.2. The van der Waals surface area contributed by atoms with Crippen molar-refractivity contribution in [2.45, 2.75) is 13.8 Å². The van der Waals surface area contributed by atoms with Crippen LogP contribution in [0.4, 0.5) is 0 Å².